The SMILES string of the molecule is CCC1=C(C)C2=CC3=NC(=C(C)/C3=C\O)C(Br)=C3NC(=C4C5=NC(=CC1=N2)C(C)=C5C(=O)C4C(=O)O)[C@@H](CCC(=O)OC)[C@@H]3C. The highest BCUT2D eigenvalue weighted by Crippen LogP contribution is 2.49. The third kappa shape index (κ3) is 4.58. The van der Waals surface area contributed by atoms with Gasteiger partial charge in [-0.1, -0.05) is 13.8 Å². The number of carboxylic acid groups (broad SMARTS) is 1. The molecule has 3 atom stereocenters. The maximum absolute atomic E-state index is 13.8. The number of rotatable bonds is 5. The number of carbonyl (C=O) groups excluding carboxylic acids is 2. The molecular weight excluding hydrogens is 640 g/mol. The third-order valence-electron chi connectivity index (χ3n) is 9.53. The van der Waals surface area contributed by atoms with Gasteiger partial charge in [-0.15, -0.1) is 0 Å². The number of ketones is 1. The molecule has 0 spiro atoms. The van der Waals surface area contributed by atoms with Crippen LogP contribution >= 0.6 is 15.9 Å². The standard InChI is InChI=1S/C34H33BrN4O6/c1-7-17-13(2)20-10-23-19(12-40)15(4)29(38-23)28(35)30-14(3)18(8-9-24(41)45-6)31(39-30)26-27(34(43)44)33(42)25-16(5)21(37-32(25)26)11-22(17)36-20/h10-12,14,18,27,39-40H,7-9H2,1-6H3,(H,43,44)/b19-12+,20-10?,21-11?,30-28?,31-26?/t14-,18-,27?/m0/s1. The Morgan fingerprint density at radius 3 is 2.38 bits per heavy atom. The lowest BCUT2D eigenvalue weighted by molar-refractivity contribution is -0.143. The van der Waals surface area contributed by atoms with Crippen molar-refractivity contribution < 1.29 is 29.3 Å². The molecule has 0 aromatic rings. The fourth-order valence-electron chi connectivity index (χ4n) is 7.02. The van der Waals surface area contributed by atoms with Crippen LogP contribution in [0.4, 0.5) is 0 Å². The van der Waals surface area contributed by atoms with Crippen molar-refractivity contribution in [2.45, 2.75) is 53.9 Å². The van der Waals surface area contributed by atoms with Crippen molar-refractivity contribution in [3.05, 3.63) is 90.4 Å². The number of carbonyl (C=O) groups is 3. The molecule has 232 valence electrons. The number of nitrogens with zero attached hydrogens (tertiary/aromatic N) is 3. The first-order valence-corrected chi connectivity index (χ1v) is 15.7. The quantitative estimate of drug-likeness (QED) is 0.189. The lowest BCUT2D eigenvalue weighted by Crippen LogP contribution is -2.25. The van der Waals surface area contributed by atoms with E-state index in [4.69, 9.17) is 19.7 Å². The van der Waals surface area contributed by atoms with E-state index in [0.717, 1.165) is 28.7 Å². The number of esters is 1. The van der Waals surface area contributed by atoms with Crippen LogP contribution < -0.4 is 5.32 Å². The number of fused-ring (bicyclic) bond motifs is 5. The van der Waals surface area contributed by atoms with Crippen LogP contribution in [0.3, 0.4) is 0 Å². The van der Waals surface area contributed by atoms with Crippen LogP contribution in [0, 0.1) is 17.8 Å². The Hall–Kier alpha value is -4.38. The van der Waals surface area contributed by atoms with Crippen molar-refractivity contribution in [3.8, 4) is 0 Å². The van der Waals surface area contributed by atoms with Crippen LogP contribution in [-0.2, 0) is 19.1 Å². The fourth-order valence-corrected chi connectivity index (χ4v) is 7.87. The molecule has 6 aliphatic rings. The summed E-state index contributed by atoms with van der Waals surface area (Å²) >= 11 is 3.78. The summed E-state index contributed by atoms with van der Waals surface area (Å²) in [5.74, 6) is -4.22. The Labute approximate surface area is 269 Å². The second-order valence-electron chi connectivity index (χ2n) is 11.8. The summed E-state index contributed by atoms with van der Waals surface area (Å²) in [6.45, 7) is 9.67. The molecule has 0 aromatic heterocycles. The van der Waals surface area contributed by atoms with Gasteiger partial charge >= 0.3 is 11.9 Å². The molecule has 11 heteroatoms. The Morgan fingerprint density at radius 1 is 1.04 bits per heavy atom. The fraction of sp³-hybridized carbons (Fsp3) is 0.353. The van der Waals surface area contributed by atoms with Crippen molar-refractivity contribution >= 4 is 50.8 Å². The predicted molar refractivity (Wildman–Crippen MR) is 174 cm³/mol. The summed E-state index contributed by atoms with van der Waals surface area (Å²) in [5, 5.41) is 24.1. The summed E-state index contributed by atoms with van der Waals surface area (Å²) in [6, 6.07) is 0. The van der Waals surface area contributed by atoms with Gasteiger partial charge in [-0.25, -0.2) is 15.0 Å². The molecule has 0 radical (unpaired) electrons. The summed E-state index contributed by atoms with van der Waals surface area (Å²) < 4.78 is 5.55. The van der Waals surface area contributed by atoms with E-state index in [9.17, 15) is 24.6 Å². The van der Waals surface area contributed by atoms with Crippen LogP contribution in [0.15, 0.2) is 105 Å². The average molecular weight is 674 g/mol. The first-order chi connectivity index (χ1) is 21.4. The van der Waals surface area contributed by atoms with Gasteiger partial charge < -0.3 is 20.3 Å². The Kier molecular flexibility index (Phi) is 7.63. The van der Waals surface area contributed by atoms with Crippen molar-refractivity contribution in [1.29, 1.82) is 0 Å². The molecule has 2 fully saturated rings. The molecular formula is C34H33BrN4O6. The van der Waals surface area contributed by atoms with Crippen LogP contribution in [0.2, 0.25) is 0 Å². The van der Waals surface area contributed by atoms with Gasteiger partial charge in [0.2, 0.25) is 0 Å². The predicted octanol–water partition coefficient (Wildman–Crippen LogP) is 5.84. The largest absolute Gasteiger partial charge is 0.515 e. The first kappa shape index (κ1) is 30.6. The number of allylic oxidation sites excluding steroid dienone is 11. The van der Waals surface area contributed by atoms with E-state index >= 15 is 0 Å². The average Bonchev–Trinajstić information content (AvgIpc) is 3.75. The van der Waals surface area contributed by atoms with E-state index in [0.29, 0.717) is 79.5 Å². The highest BCUT2D eigenvalue weighted by atomic mass is 79.9. The van der Waals surface area contributed by atoms with Crippen LogP contribution in [-0.4, -0.2) is 52.2 Å². The van der Waals surface area contributed by atoms with E-state index < -0.39 is 17.7 Å². The Balaban J connectivity index is 1.69. The molecule has 0 aromatic carbocycles. The number of Topliss-reactive ketones (excluding diaryl/α,β-unsaturated/α-hetero) is 1. The number of aliphatic hydroxyl groups is 1. The molecule has 1 saturated carbocycles. The second kappa shape index (κ2) is 11.2. The number of hydrogen-bond donors (Lipinski definition) is 3. The minimum absolute atomic E-state index is 0.0974. The zero-order valence-electron chi connectivity index (χ0n) is 25.8. The van der Waals surface area contributed by atoms with Gasteiger partial charge in [0.25, 0.3) is 0 Å². The minimum atomic E-state index is -1.45. The smallest absolute Gasteiger partial charge is 0.319 e. The lowest BCUT2D eigenvalue weighted by atomic mass is 9.85. The number of nitrogens with one attached hydrogen (secondary N) is 1. The second-order valence-corrected chi connectivity index (χ2v) is 12.6. The van der Waals surface area contributed by atoms with E-state index in [1.807, 2.05) is 39.8 Å². The van der Waals surface area contributed by atoms with Gasteiger partial charge in [0.1, 0.15) is 5.92 Å². The maximum atomic E-state index is 13.8. The van der Waals surface area contributed by atoms with Gasteiger partial charge in [0, 0.05) is 46.4 Å². The van der Waals surface area contributed by atoms with Gasteiger partial charge in [-0.3, -0.25) is 14.4 Å². The van der Waals surface area contributed by atoms with Gasteiger partial charge in [0.05, 0.1) is 52.1 Å². The molecule has 1 aliphatic carbocycles. The molecule has 3 N–H and O–H groups in total. The molecule has 1 saturated heterocycles. The van der Waals surface area contributed by atoms with E-state index in [1.54, 1.807) is 6.92 Å². The van der Waals surface area contributed by atoms with Crippen LogP contribution in [0.5, 0.6) is 0 Å². The lowest BCUT2D eigenvalue weighted by Gasteiger charge is -2.18. The van der Waals surface area contributed by atoms with Crippen LogP contribution in [0.1, 0.15) is 53.9 Å². The van der Waals surface area contributed by atoms with Crippen molar-refractivity contribution in [3.63, 3.8) is 0 Å². The highest BCUT2D eigenvalue weighted by Gasteiger charge is 2.51. The van der Waals surface area contributed by atoms with Crippen molar-refractivity contribution in [2.24, 2.45) is 32.7 Å². The van der Waals surface area contributed by atoms with Crippen molar-refractivity contribution in [1.82, 2.24) is 5.32 Å². The highest BCUT2D eigenvalue weighted by molar-refractivity contribution is 9.12. The summed E-state index contributed by atoms with van der Waals surface area (Å²) in [7, 11) is 1.33. The monoisotopic (exact) mass is 672 g/mol. The van der Waals surface area contributed by atoms with Crippen LogP contribution in [0.25, 0.3) is 0 Å². The first-order valence-electron chi connectivity index (χ1n) is 14.9. The van der Waals surface area contributed by atoms with Gasteiger partial charge in [-0.05, 0) is 84.0 Å². The summed E-state index contributed by atoms with van der Waals surface area (Å²) in [5.41, 5.74) is 9.18. The zero-order chi connectivity index (χ0) is 32.5. The molecule has 1 unspecified atom stereocenters. The van der Waals surface area contributed by atoms with E-state index in [2.05, 4.69) is 21.2 Å². The van der Waals surface area contributed by atoms with Crippen molar-refractivity contribution in [2.75, 3.05) is 7.11 Å². The Bertz CT molecular complexity index is 1870. The normalized spacial score (nSPS) is 26.6. The number of hydrogen-bond acceptors (Lipinski definition) is 9. The number of halogens is 1. The number of methoxy groups -OCH3 is 1. The zero-order valence-corrected chi connectivity index (χ0v) is 27.4. The molecule has 5 aliphatic heterocycles. The van der Waals surface area contributed by atoms with E-state index in [-0.39, 0.29) is 24.2 Å². The molecule has 6 rings (SSSR count). The molecule has 8 bridgehead atoms. The minimum Gasteiger partial charge on any atom is -0.515 e. The molecule has 45 heavy (non-hydrogen) atoms. The Morgan fingerprint density at radius 2 is 1.73 bits per heavy atom. The van der Waals surface area contributed by atoms with Gasteiger partial charge in [-0.2, -0.15) is 0 Å². The third-order valence-corrected chi connectivity index (χ3v) is 10.3. The molecule has 0 amide bonds. The molecule has 5 heterocycles. The number of ether oxygens (including phenoxy) is 1. The number of aliphatic carboxylic acids is 1. The maximum Gasteiger partial charge on any atom is 0.319 e. The number of aliphatic imine (C=N–C) groups is 3. The summed E-state index contributed by atoms with van der Waals surface area (Å²) in [6.07, 6.45) is 5.90. The number of carboxylic acids is 1. The molecule has 10 nitrogen and oxygen atoms in total. The van der Waals surface area contributed by atoms with E-state index in [1.165, 1.54) is 7.11 Å². The summed E-state index contributed by atoms with van der Waals surface area (Å²) in [4.78, 5) is 53.6. The topological polar surface area (TPSA) is 150 Å². The number of aliphatic hydroxyl groups excluding tert-OH is 1. The van der Waals surface area contributed by atoms with Gasteiger partial charge in [0.15, 0.2) is 5.78 Å².